The maximum Gasteiger partial charge on any atom is 0.223 e. The molecular weight excluding hydrogens is 286 g/mol. The molecule has 0 bridgehead atoms. The first-order chi connectivity index (χ1) is 11.3. The number of ether oxygens (including phenoxy) is 1. The van der Waals surface area contributed by atoms with Gasteiger partial charge in [-0.2, -0.15) is 0 Å². The summed E-state index contributed by atoms with van der Waals surface area (Å²) in [6, 6.07) is 18.4. The van der Waals surface area contributed by atoms with Gasteiger partial charge in [-0.1, -0.05) is 42.5 Å². The van der Waals surface area contributed by atoms with Gasteiger partial charge in [0.15, 0.2) is 0 Å². The minimum atomic E-state index is 0.165. The summed E-state index contributed by atoms with van der Waals surface area (Å²) in [5, 5.41) is 3.07. The number of nitrogens with one attached hydrogen (secondary N) is 1. The Kier molecular flexibility index (Phi) is 4.96. The van der Waals surface area contributed by atoms with Gasteiger partial charge in [0.25, 0.3) is 0 Å². The molecule has 1 fully saturated rings. The fourth-order valence-corrected chi connectivity index (χ4v) is 2.98. The quantitative estimate of drug-likeness (QED) is 0.794. The van der Waals surface area contributed by atoms with Crippen LogP contribution in [0.2, 0.25) is 0 Å². The average Bonchev–Trinajstić information content (AvgIpc) is 3.41. The number of methoxy groups -OCH3 is 1. The van der Waals surface area contributed by atoms with E-state index in [-0.39, 0.29) is 11.8 Å². The van der Waals surface area contributed by atoms with E-state index in [2.05, 4.69) is 29.6 Å². The van der Waals surface area contributed by atoms with E-state index >= 15 is 0 Å². The highest BCUT2D eigenvalue weighted by molar-refractivity contribution is 5.82. The highest BCUT2D eigenvalue weighted by Crippen LogP contribution is 2.47. The fourth-order valence-electron chi connectivity index (χ4n) is 2.98. The van der Waals surface area contributed by atoms with E-state index in [1.54, 1.807) is 7.11 Å². The first-order valence-corrected chi connectivity index (χ1v) is 8.23. The van der Waals surface area contributed by atoms with Crippen LogP contribution in [-0.4, -0.2) is 19.6 Å². The van der Waals surface area contributed by atoms with Gasteiger partial charge in [-0.25, -0.2) is 0 Å². The molecule has 0 aromatic heterocycles. The summed E-state index contributed by atoms with van der Waals surface area (Å²) in [5.74, 6) is 1.66. The van der Waals surface area contributed by atoms with Crippen LogP contribution in [0, 0.1) is 5.92 Å². The number of amides is 1. The molecular formula is C20H23NO2. The minimum absolute atomic E-state index is 0.165. The Hall–Kier alpha value is -2.29. The summed E-state index contributed by atoms with van der Waals surface area (Å²) >= 11 is 0. The van der Waals surface area contributed by atoms with E-state index in [0.29, 0.717) is 5.92 Å². The van der Waals surface area contributed by atoms with Crippen LogP contribution in [0.1, 0.15) is 29.9 Å². The molecule has 120 valence electrons. The highest BCUT2D eigenvalue weighted by Gasteiger charge is 2.43. The topological polar surface area (TPSA) is 38.3 Å². The molecule has 0 radical (unpaired) electrons. The molecule has 2 unspecified atom stereocenters. The number of hydrogen-bond acceptors (Lipinski definition) is 2. The van der Waals surface area contributed by atoms with E-state index in [9.17, 15) is 4.79 Å². The van der Waals surface area contributed by atoms with Crippen molar-refractivity contribution >= 4 is 5.91 Å². The summed E-state index contributed by atoms with van der Waals surface area (Å²) in [6.07, 6.45) is 2.91. The Balaban J connectivity index is 1.37. The number of rotatable bonds is 7. The molecule has 2 aromatic rings. The number of hydrogen-bond donors (Lipinski definition) is 1. The third kappa shape index (κ3) is 4.13. The van der Waals surface area contributed by atoms with Crippen LogP contribution in [0.25, 0.3) is 0 Å². The summed E-state index contributed by atoms with van der Waals surface area (Å²) in [5.41, 5.74) is 2.56. The van der Waals surface area contributed by atoms with E-state index in [1.807, 2.05) is 30.3 Å². The van der Waals surface area contributed by atoms with Crippen LogP contribution >= 0.6 is 0 Å². The van der Waals surface area contributed by atoms with Gasteiger partial charge in [0, 0.05) is 12.5 Å². The SMILES string of the molecule is COc1ccc(CCCNC(=O)C2CC2c2ccccc2)cc1. The first-order valence-electron chi connectivity index (χ1n) is 8.23. The fraction of sp³-hybridized carbons (Fsp3) is 0.350. The number of benzene rings is 2. The van der Waals surface area contributed by atoms with Crippen LogP contribution < -0.4 is 10.1 Å². The lowest BCUT2D eigenvalue weighted by atomic mass is 10.1. The Bertz CT molecular complexity index is 636. The largest absolute Gasteiger partial charge is 0.497 e. The van der Waals surface area contributed by atoms with Gasteiger partial charge in [0.05, 0.1) is 7.11 Å². The normalized spacial score (nSPS) is 19.2. The zero-order chi connectivity index (χ0) is 16.1. The molecule has 0 saturated heterocycles. The van der Waals surface area contributed by atoms with Crippen molar-refractivity contribution in [3.05, 3.63) is 65.7 Å². The lowest BCUT2D eigenvalue weighted by Gasteiger charge is -2.06. The van der Waals surface area contributed by atoms with Crippen LogP contribution in [-0.2, 0) is 11.2 Å². The van der Waals surface area contributed by atoms with E-state index < -0.39 is 0 Å². The minimum Gasteiger partial charge on any atom is -0.497 e. The van der Waals surface area contributed by atoms with Gasteiger partial charge in [-0.05, 0) is 48.4 Å². The van der Waals surface area contributed by atoms with E-state index in [1.165, 1.54) is 11.1 Å². The predicted molar refractivity (Wildman–Crippen MR) is 91.6 cm³/mol. The molecule has 3 nitrogen and oxygen atoms in total. The zero-order valence-electron chi connectivity index (χ0n) is 13.5. The van der Waals surface area contributed by atoms with Crippen molar-refractivity contribution in [1.82, 2.24) is 5.32 Å². The van der Waals surface area contributed by atoms with Gasteiger partial charge < -0.3 is 10.1 Å². The molecule has 2 aromatic carbocycles. The second-order valence-corrected chi connectivity index (χ2v) is 6.10. The molecule has 1 N–H and O–H groups in total. The molecule has 0 aliphatic heterocycles. The summed E-state index contributed by atoms with van der Waals surface area (Å²) in [4.78, 5) is 12.2. The molecule has 1 saturated carbocycles. The Morgan fingerprint density at radius 1 is 1.13 bits per heavy atom. The number of carbonyl (C=O) groups is 1. The first kappa shape index (κ1) is 15.6. The van der Waals surface area contributed by atoms with E-state index in [0.717, 1.165) is 31.6 Å². The second-order valence-electron chi connectivity index (χ2n) is 6.10. The summed E-state index contributed by atoms with van der Waals surface area (Å²) < 4.78 is 5.15. The molecule has 1 aliphatic rings. The Morgan fingerprint density at radius 2 is 1.87 bits per heavy atom. The smallest absolute Gasteiger partial charge is 0.223 e. The van der Waals surface area contributed by atoms with Gasteiger partial charge in [0.1, 0.15) is 5.75 Å². The molecule has 3 heteroatoms. The van der Waals surface area contributed by atoms with Gasteiger partial charge in [-0.3, -0.25) is 4.79 Å². The van der Waals surface area contributed by atoms with Crippen molar-refractivity contribution in [2.24, 2.45) is 5.92 Å². The molecule has 1 aliphatic carbocycles. The molecule has 0 spiro atoms. The Labute approximate surface area is 137 Å². The lowest BCUT2D eigenvalue weighted by molar-refractivity contribution is -0.122. The van der Waals surface area contributed by atoms with Crippen LogP contribution in [0.5, 0.6) is 5.75 Å². The standard InChI is InChI=1S/C20H23NO2/c1-23-17-11-9-15(10-12-17)6-5-13-21-20(22)19-14-18(19)16-7-3-2-4-8-16/h2-4,7-12,18-19H,5-6,13-14H2,1H3,(H,21,22). The van der Waals surface area contributed by atoms with Crippen LogP contribution in [0.3, 0.4) is 0 Å². The third-order valence-corrected chi connectivity index (χ3v) is 4.46. The molecule has 23 heavy (non-hydrogen) atoms. The van der Waals surface area contributed by atoms with E-state index in [4.69, 9.17) is 4.74 Å². The predicted octanol–water partition coefficient (Wildman–Crippen LogP) is 3.55. The van der Waals surface area contributed by atoms with Crippen molar-refractivity contribution in [2.45, 2.75) is 25.2 Å². The van der Waals surface area contributed by atoms with Crippen molar-refractivity contribution in [3.8, 4) is 5.75 Å². The highest BCUT2D eigenvalue weighted by atomic mass is 16.5. The third-order valence-electron chi connectivity index (χ3n) is 4.46. The maximum absolute atomic E-state index is 12.2. The molecule has 2 atom stereocenters. The van der Waals surface area contributed by atoms with Gasteiger partial charge in [-0.15, -0.1) is 0 Å². The van der Waals surface area contributed by atoms with Crippen LogP contribution in [0.4, 0.5) is 0 Å². The number of aryl methyl sites for hydroxylation is 1. The van der Waals surface area contributed by atoms with Crippen molar-refractivity contribution < 1.29 is 9.53 Å². The molecule has 1 amide bonds. The second kappa shape index (κ2) is 7.32. The lowest BCUT2D eigenvalue weighted by Crippen LogP contribution is -2.26. The summed E-state index contributed by atoms with van der Waals surface area (Å²) in [6.45, 7) is 0.739. The monoisotopic (exact) mass is 309 g/mol. The Morgan fingerprint density at radius 3 is 2.57 bits per heavy atom. The maximum atomic E-state index is 12.2. The zero-order valence-corrected chi connectivity index (χ0v) is 13.5. The molecule has 0 heterocycles. The molecule has 3 rings (SSSR count). The van der Waals surface area contributed by atoms with Crippen molar-refractivity contribution in [1.29, 1.82) is 0 Å². The van der Waals surface area contributed by atoms with Crippen LogP contribution in [0.15, 0.2) is 54.6 Å². The van der Waals surface area contributed by atoms with Gasteiger partial charge >= 0.3 is 0 Å². The van der Waals surface area contributed by atoms with Gasteiger partial charge in [0.2, 0.25) is 5.91 Å². The number of carbonyl (C=O) groups excluding carboxylic acids is 1. The summed E-state index contributed by atoms with van der Waals surface area (Å²) in [7, 11) is 1.67. The average molecular weight is 309 g/mol. The van der Waals surface area contributed by atoms with Crippen molar-refractivity contribution in [3.63, 3.8) is 0 Å². The van der Waals surface area contributed by atoms with Crippen molar-refractivity contribution in [2.75, 3.05) is 13.7 Å².